The van der Waals surface area contributed by atoms with Crippen molar-refractivity contribution in [1.82, 2.24) is 0 Å². The number of allylic oxidation sites excluding steroid dienone is 10. The van der Waals surface area contributed by atoms with E-state index in [9.17, 15) is 14.3 Å². The zero-order chi connectivity index (χ0) is 39.5. The average molecular weight is 780 g/mol. The summed E-state index contributed by atoms with van der Waals surface area (Å²) in [5.74, 6) is -0.356. The van der Waals surface area contributed by atoms with Crippen molar-refractivity contribution in [2.24, 2.45) is 5.73 Å². The van der Waals surface area contributed by atoms with Gasteiger partial charge in [0.2, 0.25) is 0 Å². The minimum absolute atomic E-state index is 0.0931. The first kappa shape index (κ1) is 52.2. The van der Waals surface area contributed by atoms with E-state index < -0.39 is 13.9 Å². The van der Waals surface area contributed by atoms with Crippen LogP contribution in [0.3, 0.4) is 0 Å². The summed E-state index contributed by atoms with van der Waals surface area (Å²) in [6.07, 6.45) is 50.9. The van der Waals surface area contributed by atoms with Crippen LogP contribution in [0.1, 0.15) is 181 Å². The topological polar surface area (TPSA) is 117 Å². The third-order valence-corrected chi connectivity index (χ3v) is 9.90. The van der Waals surface area contributed by atoms with Crippen LogP contribution in [-0.4, -0.2) is 49.9 Å². The molecule has 0 aromatic heterocycles. The number of carbonyl (C=O) groups excluding carboxylic acids is 1. The number of phosphoric ester groups is 1. The van der Waals surface area contributed by atoms with Gasteiger partial charge in [-0.05, 0) is 77.0 Å². The summed E-state index contributed by atoms with van der Waals surface area (Å²) in [5.41, 5.74) is 5.37. The Hall–Kier alpha value is -1.80. The van der Waals surface area contributed by atoms with Crippen molar-refractivity contribution >= 4 is 13.8 Å². The molecule has 3 N–H and O–H groups in total. The maximum Gasteiger partial charge on any atom is 0.472 e. The van der Waals surface area contributed by atoms with Gasteiger partial charge in [-0.3, -0.25) is 13.8 Å². The Bertz CT molecular complexity index is 1010. The molecule has 0 amide bonds. The first-order valence-electron chi connectivity index (χ1n) is 21.8. The van der Waals surface area contributed by atoms with Crippen molar-refractivity contribution in [2.75, 3.05) is 33.0 Å². The Morgan fingerprint density at radius 1 is 0.574 bits per heavy atom. The van der Waals surface area contributed by atoms with E-state index >= 15 is 0 Å². The standard InChI is InChI=1S/C45H82NO7P/c1-3-5-7-9-11-13-15-17-19-21-23-25-27-29-31-33-35-37-40-50-42-44(43-52-54(48,49)51-41-39-46)53-45(47)38-36-34-32-30-28-26-24-22-20-18-16-14-12-10-8-6-4-2/h6,8,12,14,17-20,24,26,44H,3-5,7,9-11,13,15-16,21-23,25,27-43,46H2,1-2H3,(H,48,49)/b8-6-,14-12-,19-17-,20-18-,26-24-. The zero-order valence-electron chi connectivity index (χ0n) is 34.7. The molecule has 0 aliphatic carbocycles. The molecule has 0 saturated heterocycles. The van der Waals surface area contributed by atoms with E-state index in [1.165, 1.54) is 89.9 Å². The maximum atomic E-state index is 12.6. The molecule has 0 rings (SSSR count). The van der Waals surface area contributed by atoms with E-state index in [2.05, 4.69) is 74.6 Å². The quantitative estimate of drug-likeness (QED) is 0.0273. The van der Waals surface area contributed by atoms with E-state index in [-0.39, 0.29) is 38.8 Å². The molecule has 0 radical (unpaired) electrons. The number of ether oxygens (including phenoxy) is 2. The molecule has 0 saturated carbocycles. The minimum Gasteiger partial charge on any atom is -0.457 e. The molecule has 314 valence electrons. The smallest absolute Gasteiger partial charge is 0.457 e. The van der Waals surface area contributed by atoms with Crippen LogP contribution in [0, 0.1) is 0 Å². The van der Waals surface area contributed by atoms with Crippen molar-refractivity contribution < 1.29 is 32.8 Å². The monoisotopic (exact) mass is 780 g/mol. The van der Waals surface area contributed by atoms with E-state index in [0.29, 0.717) is 6.61 Å². The molecule has 8 nitrogen and oxygen atoms in total. The number of carbonyl (C=O) groups is 1. The Kier molecular flexibility index (Phi) is 40.9. The molecule has 54 heavy (non-hydrogen) atoms. The van der Waals surface area contributed by atoms with Gasteiger partial charge in [-0.1, -0.05) is 158 Å². The van der Waals surface area contributed by atoms with Gasteiger partial charge in [0.05, 0.1) is 19.8 Å². The van der Waals surface area contributed by atoms with Crippen molar-refractivity contribution in [3.8, 4) is 0 Å². The van der Waals surface area contributed by atoms with Gasteiger partial charge in [-0.15, -0.1) is 0 Å². The fourth-order valence-corrected chi connectivity index (χ4v) is 6.51. The third kappa shape index (κ3) is 41.4. The predicted molar refractivity (Wildman–Crippen MR) is 229 cm³/mol. The van der Waals surface area contributed by atoms with Crippen LogP contribution in [0.4, 0.5) is 0 Å². The van der Waals surface area contributed by atoms with Gasteiger partial charge in [0.1, 0.15) is 6.10 Å². The van der Waals surface area contributed by atoms with Crippen molar-refractivity contribution in [3.63, 3.8) is 0 Å². The van der Waals surface area contributed by atoms with Gasteiger partial charge in [0.25, 0.3) is 0 Å². The normalized spacial score (nSPS) is 14.1. The fourth-order valence-electron chi connectivity index (χ4n) is 5.75. The third-order valence-electron chi connectivity index (χ3n) is 8.92. The van der Waals surface area contributed by atoms with Crippen LogP contribution in [0.25, 0.3) is 0 Å². The highest BCUT2D eigenvalue weighted by Gasteiger charge is 2.25. The lowest BCUT2D eigenvalue weighted by Gasteiger charge is -2.20. The summed E-state index contributed by atoms with van der Waals surface area (Å²) in [4.78, 5) is 22.5. The van der Waals surface area contributed by atoms with E-state index in [0.717, 1.165) is 70.6 Å². The van der Waals surface area contributed by atoms with Crippen LogP contribution in [0.15, 0.2) is 60.8 Å². The summed E-state index contributed by atoms with van der Waals surface area (Å²) in [6.45, 7) is 4.76. The molecule has 0 aromatic carbocycles. The summed E-state index contributed by atoms with van der Waals surface area (Å²) in [6, 6.07) is 0. The van der Waals surface area contributed by atoms with Gasteiger partial charge in [0, 0.05) is 19.6 Å². The molecule has 0 aliphatic rings. The first-order chi connectivity index (χ1) is 26.4. The van der Waals surface area contributed by atoms with Crippen LogP contribution in [0.5, 0.6) is 0 Å². The molecule has 0 fully saturated rings. The number of unbranched alkanes of at least 4 members (excludes halogenated alkanes) is 18. The highest BCUT2D eigenvalue weighted by Crippen LogP contribution is 2.43. The number of phosphoric acid groups is 1. The SMILES string of the molecule is CC/C=C\C/C=C\C/C=C\C/C=C\CCCCCCC(=O)OC(COCCCCCCCCCC/C=C\CCCCCCCC)COP(=O)(O)OCCN. The number of nitrogens with two attached hydrogens (primary N) is 1. The molecule has 0 spiro atoms. The molecule has 0 bridgehead atoms. The van der Waals surface area contributed by atoms with Gasteiger partial charge in [0.15, 0.2) is 0 Å². The number of hydrogen-bond acceptors (Lipinski definition) is 7. The first-order valence-corrected chi connectivity index (χ1v) is 23.3. The Morgan fingerprint density at radius 2 is 1.04 bits per heavy atom. The van der Waals surface area contributed by atoms with Crippen LogP contribution < -0.4 is 5.73 Å². The Labute approximate surface area is 332 Å². The summed E-state index contributed by atoms with van der Waals surface area (Å²) < 4.78 is 33.4. The second kappa shape index (κ2) is 42.3. The van der Waals surface area contributed by atoms with Crippen LogP contribution >= 0.6 is 7.82 Å². The van der Waals surface area contributed by atoms with Crippen LogP contribution in [-0.2, 0) is 27.9 Å². The number of esters is 1. The summed E-state index contributed by atoms with van der Waals surface area (Å²) in [7, 11) is -4.29. The second-order valence-corrected chi connectivity index (χ2v) is 15.6. The number of hydrogen-bond donors (Lipinski definition) is 2. The van der Waals surface area contributed by atoms with E-state index in [1.807, 2.05) is 0 Å². The minimum atomic E-state index is -4.29. The summed E-state index contributed by atoms with van der Waals surface area (Å²) in [5, 5.41) is 0. The van der Waals surface area contributed by atoms with Gasteiger partial charge in [-0.2, -0.15) is 0 Å². The average Bonchev–Trinajstić information content (AvgIpc) is 3.16. The zero-order valence-corrected chi connectivity index (χ0v) is 35.6. The fraction of sp³-hybridized carbons (Fsp3) is 0.756. The molecule has 9 heteroatoms. The van der Waals surface area contributed by atoms with E-state index in [4.69, 9.17) is 24.3 Å². The van der Waals surface area contributed by atoms with Crippen molar-refractivity contribution in [2.45, 2.75) is 187 Å². The lowest BCUT2D eigenvalue weighted by Crippen LogP contribution is -2.28. The Morgan fingerprint density at radius 3 is 1.57 bits per heavy atom. The molecule has 2 unspecified atom stereocenters. The Balaban J connectivity index is 4.08. The predicted octanol–water partition coefficient (Wildman–Crippen LogP) is 13.0. The lowest BCUT2D eigenvalue weighted by atomic mass is 10.1. The molecular weight excluding hydrogens is 697 g/mol. The maximum absolute atomic E-state index is 12.6. The van der Waals surface area contributed by atoms with Crippen LogP contribution in [0.2, 0.25) is 0 Å². The molecule has 0 heterocycles. The van der Waals surface area contributed by atoms with E-state index in [1.54, 1.807) is 0 Å². The van der Waals surface area contributed by atoms with Crippen molar-refractivity contribution in [1.29, 1.82) is 0 Å². The number of rotatable bonds is 41. The largest absolute Gasteiger partial charge is 0.472 e. The lowest BCUT2D eigenvalue weighted by molar-refractivity contribution is -0.154. The highest BCUT2D eigenvalue weighted by molar-refractivity contribution is 7.47. The van der Waals surface area contributed by atoms with Gasteiger partial charge >= 0.3 is 13.8 Å². The van der Waals surface area contributed by atoms with Crippen molar-refractivity contribution in [3.05, 3.63) is 60.8 Å². The molecule has 0 aliphatic heterocycles. The highest BCUT2D eigenvalue weighted by atomic mass is 31.2. The van der Waals surface area contributed by atoms with Gasteiger partial charge in [-0.25, -0.2) is 4.57 Å². The molecular formula is C45H82NO7P. The summed E-state index contributed by atoms with van der Waals surface area (Å²) >= 11 is 0. The van der Waals surface area contributed by atoms with Gasteiger partial charge < -0.3 is 20.1 Å². The second-order valence-electron chi connectivity index (χ2n) is 14.2. The molecule has 2 atom stereocenters. The molecule has 0 aromatic rings.